The van der Waals surface area contributed by atoms with E-state index in [4.69, 9.17) is 0 Å². The maximum atomic E-state index is 12.8. The summed E-state index contributed by atoms with van der Waals surface area (Å²) in [6.45, 7) is 4.00. The number of hydrogen-bond donors (Lipinski definition) is 1. The minimum Gasteiger partial charge on any atom is -0.337 e. The molecule has 1 aliphatic heterocycles. The summed E-state index contributed by atoms with van der Waals surface area (Å²) >= 11 is 0. The molecule has 3 rings (SSSR count). The number of hydrogen-bond acceptors (Lipinski definition) is 5. The predicted octanol–water partition coefficient (Wildman–Crippen LogP) is 0.592. The molecule has 1 amide bonds. The van der Waals surface area contributed by atoms with E-state index in [1.807, 2.05) is 13.8 Å². The van der Waals surface area contributed by atoms with Gasteiger partial charge in [-0.05, 0) is 37.1 Å². The van der Waals surface area contributed by atoms with Crippen LogP contribution in [0.3, 0.4) is 0 Å². The van der Waals surface area contributed by atoms with Crippen molar-refractivity contribution in [2.75, 3.05) is 20.1 Å². The van der Waals surface area contributed by atoms with Crippen LogP contribution in [0.15, 0.2) is 34.2 Å². The van der Waals surface area contributed by atoms with Gasteiger partial charge in [0.15, 0.2) is 0 Å². The van der Waals surface area contributed by atoms with Crippen LogP contribution >= 0.6 is 0 Å². The summed E-state index contributed by atoms with van der Waals surface area (Å²) in [5.41, 5.74) is 2.73. The number of amides is 1. The van der Waals surface area contributed by atoms with Gasteiger partial charge in [-0.15, -0.1) is 0 Å². The van der Waals surface area contributed by atoms with E-state index in [0.29, 0.717) is 24.2 Å². The molecule has 2 aromatic rings. The number of nitrogens with one attached hydrogen (secondary N) is 1. The molecular formula is C18H22N4O4S. The van der Waals surface area contributed by atoms with Crippen LogP contribution in [0.5, 0.6) is 0 Å². The maximum Gasteiger partial charge on any atom is 0.255 e. The Bertz CT molecular complexity index is 1050. The van der Waals surface area contributed by atoms with E-state index >= 15 is 0 Å². The zero-order valence-electron chi connectivity index (χ0n) is 15.5. The first kappa shape index (κ1) is 19.2. The lowest BCUT2D eigenvalue weighted by atomic mass is 10.1. The average molecular weight is 390 g/mol. The van der Waals surface area contributed by atoms with Crippen molar-refractivity contribution in [3.05, 3.63) is 57.3 Å². The summed E-state index contributed by atoms with van der Waals surface area (Å²) in [6.07, 6.45) is 1.82. The lowest BCUT2D eigenvalue weighted by Crippen LogP contribution is -2.44. The summed E-state index contributed by atoms with van der Waals surface area (Å²) in [6, 6.07) is 4.90. The summed E-state index contributed by atoms with van der Waals surface area (Å²) in [5.74, 6) is -0.348. The number of sulfonamides is 1. The molecule has 0 unspecified atom stereocenters. The minimum absolute atomic E-state index is 0.134. The van der Waals surface area contributed by atoms with Gasteiger partial charge in [0.25, 0.3) is 5.56 Å². The van der Waals surface area contributed by atoms with Gasteiger partial charge in [0.05, 0.1) is 35.6 Å². The van der Waals surface area contributed by atoms with Crippen molar-refractivity contribution in [1.29, 1.82) is 0 Å². The summed E-state index contributed by atoms with van der Waals surface area (Å²) < 4.78 is 26.6. The molecule has 27 heavy (non-hydrogen) atoms. The molecule has 9 heteroatoms. The van der Waals surface area contributed by atoms with Crippen LogP contribution in [-0.2, 0) is 27.8 Å². The molecule has 0 radical (unpaired) electrons. The zero-order valence-corrected chi connectivity index (χ0v) is 16.3. The number of aromatic nitrogens is 2. The van der Waals surface area contributed by atoms with Gasteiger partial charge in [-0.2, -0.15) is 4.31 Å². The van der Waals surface area contributed by atoms with Crippen LogP contribution in [0, 0.1) is 13.8 Å². The highest BCUT2D eigenvalue weighted by molar-refractivity contribution is 7.89. The van der Waals surface area contributed by atoms with Crippen LogP contribution in [0.2, 0.25) is 0 Å². The molecule has 0 spiro atoms. The van der Waals surface area contributed by atoms with Gasteiger partial charge in [0.1, 0.15) is 0 Å². The highest BCUT2D eigenvalue weighted by Gasteiger charge is 2.28. The third-order valence-electron chi connectivity index (χ3n) is 4.90. The number of fused-ring (bicyclic) bond motifs is 1. The number of nitrogens with zero attached hydrogens (tertiary/aromatic N) is 3. The smallest absolute Gasteiger partial charge is 0.255 e. The first-order chi connectivity index (χ1) is 12.7. The van der Waals surface area contributed by atoms with E-state index in [1.54, 1.807) is 18.2 Å². The molecule has 0 bridgehead atoms. The quantitative estimate of drug-likeness (QED) is 0.823. The largest absolute Gasteiger partial charge is 0.337 e. The highest BCUT2D eigenvalue weighted by Crippen LogP contribution is 2.19. The average Bonchev–Trinajstić information content (AvgIpc) is 2.63. The topological polar surface area (TPSA) is 103 Å². The second kappa shape index (κ2) is 7.24. The Balaban J connectivity index is 1.75. The molecular weight excluding hydrogens is 368 g/mol. The van der Waals surface area contributed by atoms with E-state index in [2.05, 4.69) is 9.97 Å². The van der Waals surface area contributed by atoms with Gasteiger partial charge in [0, 0.05) is 20.0 Å². The third-order valence-corrected chi connectivity index (χ3v) is 6.70. The normalized spacial score (nSPS) is 14.3. The fourth-order valence-electron chi connectivity index (χ4n) is 3.00. The molecule has 0 saturated carbocycles. The van der Waals surface area contributed by atoms with E-state index in [1.165, 1.54) is 18.3 Å². The number of aryl methyl sites for hydroxylation is 2. The van der Waals surface area contributed by atoms with E-state index in [-0.39, 0.29) is 29.5 Å². The SMILES string of the molecule is Cc1ccc(S(=O)(=O)N(C)CC(=O)N2CCc3nc[nH]c(=O)c3C2)cc1C. The Morgan fingerprint density at radius 2 is 2.04 bits per heavy atom. The molecule has 0 aliphatic carbocycles. The zero-order chi connectivity index (χ0) is 19.8. The number of H-pyrrole nitrogens is 1. The minimum atomic E-state index is -3.78. The number of aromatic amines is 1. The summed E-state index contributed by atoms with van der Waals surface area (Å²) in [7, 11) is -2.39. The van der Waals surface area contributed by atoms with Gasteiger partial charge in [-0.25, -0.2) is 13.4 Å². The van der Waals surface area contributed by atoms with Crippen molar-refractivity contribution >= 4 is 15.9 Å². The molecule has 1 N–H and O–H groups in total. The van der Waals surface area contributed by atoms with Crippen molar-refractivity contribution in [2.45, 2.75) is 31.7 Å². The molecule has 0 atom stereocenters. The lowest BCUT2D eigenvalue weighted by Gasteiger charge is -2.29. The molecule has 8 nitrogen and oxygen atoms in total. The molecule has 0 saturated heterocycles. The Hall–Kier alpha value is -2.52. The lowest BCUT2D eigenvalue weighted by molar-refractivity contribution is -0.132. The maximum absolute atomic E-state index is 12.8. The fraction of sp³-hybridized carbons (Fsp3) is 0.389. The second-order valence-electron chi connectivity index (χ2n) is 6.73. The fourth-order valence-corrected chi connectivity index (χ4v) is 4.20. The van der Waals surface area contributed by atoms with Gasteiger partial charge >= 0.3 is 0 Å². The van der Waals surface area contributed by atoms with Crippen molar-refractivity contribution in [1.82, 2.24) is 19.2 Å². The van der Waals surface area contributed by atoms with Crippen LogP contribution in [-0.4, -0.2) is 53.6 Å². The van der Waals surface area contributed by atoms with E-state index < -0.39 is 10.0 Å². The van der Waals surface area contributed by atoms with Crippen LogP contribution in [0.4, 0.5) is 0 Å². The molecule has 0 fully saturated rings. The van der Waals surface area contributed by atoms with Crippen LogP contribution in [0.25, 0.3) is 0 Å². The van der Waals surface area contributed by atoms with Crippen molar-refractivity contribution in [3.63, 3.8) is 0 Å². The summed E-state index contributed by atoms with van der Waals surface area (Å²) in [5, 5.41) is 0. The van der Waals surface area contributed by atoms with Gasteiger partial charge < -0.3 is 9.88 Å². The van der Waals surface area contributed by atoms with Crippen LogP contribution in [0.1, 0.15) is 22.4 Å². The molecule has 1 aliphatic rings. The van der Waals surface area contributed by atoms with Crippen molar-refractivity contribution < 1.29 is 13.2 Å². The molecule has 144 valence electrons. The first-order valence-electron chi connectivity index (χ1n) is 8.57. The van der Waals surface area contributed by atoms with Crippen molar-refractivity contribution in [3.8, 4) is 0 Å². The molecule has 1 aromatic heterocycles. The molecule has 1 aromatic carbocycles. The van der Waals surface area contributed by atoms with E-state index in [0.717, 1.165) is 15.4 Å². The number of carbonyl (C=O) groups is 1. The van der Waals surface area contributed by atoms with Gasteiger partial charge in [-0.3, -0.25) is 9.59 Å². The molecule has 2 heterocycles. The highest BCUT2D eigenvalue weighted by atomic mass is 32.2. The van der Waals surface area contributed by atoms with E-state index in [9.17, 15) is 18.0 Å². The van der Waals surface area contributed by atoms with Crippen molar-refractivity contribution in [2.24, 2.45) is 0 Å². The third kappa shape index (κ3) is 3.79. The van der Waals surface area contributed by atoms with Gasteiger partial charge in [-0.1, -0.05) is 6.07 Å². The second-order valence-corrected chi connectivity index (χ2v) is 8.77. The summed E-state index contributed by atoms with van der Waals surface area (Å²) in [4.78, 5) is 32.8. The Labute approximate surface area is 157 Å². The Morgan fingerprint density at radius 3 is 2.74 bits per heavy atom. The van der Waals surface area contributed by atoms with Crippen LogP contribution < -0.4 is 5.56 Å². The predicted molar refractivity (Wildman–Crippen MR) is 99.7 cm³/mol. The number of likely N-dealkylation sites (N-methyl/N-ethyl adjacent to an activating group) is 1. The Kier molecular flexibility index (Phi) is 5.16. The number of carbonyl (C=O) groups excluding carboxylic acids is 1. The Morgan fingerprint density at radius 1 is 1.30 bits per heavy atom. The van der Waals surface area contributed by atoms with Gasteiger partial charge in [0.2, 0.25) is 15.9 Å². The standard InChI is InChI=1S/C18H22N4O4S/c1-12-4-5-14(8-13(12)2)27(25,26)21(3)10-17(23)22-7-6-16-15(9-22)18(24)20-11-19-16/h4-5,8,11H,6-7,9-10H2,1-3H3,(H,19,20,24). The first-order valence-corrected chi connectivity index (χ1v) is 10.0. The monoisotopic (exact) mass is 390 g/mol. The number of rotatable bonds is 4. The number of benzene rings is 1.